The molecule has 72 valence electrons. The summed E-state index contributed by atoms with van der Waals surface area (Å²) in [5.41, 5.74) is 0. The molecule has 0 atom stereocenters. The van der Waals surface area contributed by atoms with Gasteiger partial charge in [0.25, 0.3) is 0 Å². The summed E-state index contributed by atoms with van der Waals surface area (Å²) in [5, 5.41) is 14.6. The molecule has 0 saturated carbocycles. The maximum absolute atomic E-state index is 9.56. The van der Waals surface area contributed by atoms with E-state index in [4.69, 9.17) is 15.4 Å². The van der Waals surface area contributed by atoms with Crippen LogP contribution >= 0.6 is 7.82 Å². The number of phosphoric acid groups is 1. The van der Waals surface area contributed by atoms with Gasteiger partial charge in [-0.1, -0.05) is 0 Å². The van der Waals surface area contributed by atoms with E-state index in [2.05, 4.69) is 9.35 Å². The van der Waals surface area contributed by atoms with E-state index in [1.165, 1.54) is 13.8 Å². The summed E-state index contributed by atoms with van der Waals surface area (Å²) in [4.78, 5) is 17.2. The van der Waals surface area contributed by atoms with Crippen LogP contribution in [0.3, 0.4) is 0 Å². The summed E-state index contributed by atoms with van der Waals surface area (Å²) in [6, 6.07) is 0. The number of Topliss-reactive ketones (excluding diaryl/α,β-unsaturated/α-hetero) is 1. The number of carbonyl (C=O) groups excluding carboxylic acids is 1. The van der Waals surface area contributed by atoms with Crippen molar-refractivity contribution in [1.82, 2.24) is 0 Å². The molecular weight excluding hydrogens is 193 g/mol. The molecule has 0 saturated heterocycles. The van der Waals surface area contributed by atoms with Crippen molar-refractivity contribution in [3.63, 3.8) is 0 Å². The van der Waals surface area contributed by atoms with Crippen molar-refractivity contribution in [1.29, 1.82) is 0 Å². The van der Waals surface area contributed by atoms with Gasteiger partial charge in [-0.2, -0.15) is 0 Å². The predicted molar refractivity (Wildman–Crippen MR) is 35.8 cm³/mol. The van der Waals surface area contributed by atoms with Crippen LogP contribution in [0.15, 0.2) is 0 Å². The summed E-state index contributed by atoms with van der Waals surface area (Å²) < 4.78 is 15.0. The first-order chi connectivity index (χ1) is 4.85. The zero-order valence-corrected chi connectivity index (χ0v) is 8.82. The molecule has 0 aliphatic carbocycles. The third-order valence-electron chi connectivity index (χ3n) is 0.206. The third-order valence-corrected chi connectivity index (χ3v) is 0.619. The van der Waals surface area contributed by atoms with E-state index in [-0.39, 0.29) is 46.4 Å². The van der Waals surface area contributed by atoms with Crippen molar-refractivity contribution < 1.29 is 74.7 Å². The molecule has 0 amide bonds. The Hall–Kier alpha value is 0.895. The molecule has 10 heteroatoms. The molecule has 0 spiro atoms. The van der Waals surface area contributed by atoms with E-state index >= 15 is 0 Å². The molecule has 0 fully saturated rings. The predicted octanol–water partition coefficient (Wildman–Crippen LogP) is -5.11. The smallest absolute Gasteiger partial charge is 1.00 e. The van der Waals surface area contributed by atoms with Gasteiger partial charge in [-0.25, -0.2) is 15.1 Å². The average molecular weight is 204 g/mol. The minimum Gasteiger partial charge on any atom is -1.00 e. The number of hydrogen-bond donors (Lipinski definition) is 3. The topological polar surface area (TPSA) is 113 Å². The molecule has 0 aromatic carbocycles. The molecule has 0 aliphatic heterocycles. The van der Waals surface area contributed by atoms with Gasteiger partial charge in [-0.05, 0) is 13.8 Å². The van der Waals surface area contributed by atoms with E-state index in [0.29, 0.717) is 0 Å². The molecule has 13 heavy (non-hydrogen) atoms. The maximum Gasteiger partial charge on any atom is 1.00 e. The van der Waals surface area contributed by atoms with Gasteiger partial charge in [0.2, 0.25) is 0 Å². The molecule has 0 radical (unpaired) electrons. The summed E-state index contributed by atoms with van der Waals surface area (Å²) in [5.74, 6) is 0.167. The second-order valence-corrected chi connectivity index (χ2v) is 2.80. The second-order valence-electron chi connectivity index (χ2n) is 1.54. The Labute approximate surface area is 102 Å². The zero-order valence-electron chi connectivity index (χ0n) is 9.92. The summed E-state index contributed by atoms with van der Waals surface area (Å²) in [7, 11) is -4.54. The average Bonchev–Trinajstić information content (AvgIpc) is 1.87. The summed E-state index contributed by atoms with van der Waals surface area (Å²) >= 11 is 0. The monoisotopic (exact) mass is 204 g/mol. The molecular formula is C3H11Li2O7P. The fourth-order valence-electron chi connectivity index (χ4n) is 0.0149. The van der Waals surface area contributed by atoms with Gasteiger partial charge in [0.05, 0.1) is 0 Å². The first kappa shape index (κ1) is 23.6. The minimum atomic E-state index is -4.54. The van der Waals surface area contributed by atoms with Crippen LogP contribution in [0.2, 0.25) is 0 Å². The van der Waals surface area contributed by atoms with Crippen LogP contribution in [0.4, 0.5) is 0 Å². The number of rotatable bonds is 2. The van der Waals surface area contributed by atoms with Crippen molar-refractivity contribution in [3.05, 3.63) is 0 Å². The SMILES string of the molecule is CC(C)=O.O=P(O)(OO)OO.[H-].[H-].[Li+].[Li+]. The maximum atomic E-state index is 9.56. The minimum absolute atomic E-state index is 0. The molecule has 0 heterocycles. The van der Waals surface area contributed by atoms with Crippen LogP contribution in [-0.2, 0) is 18.7 Å². The zero-order chi connectivity index (χ0) is 9.49. The van der Waals surface area contributed by atoms with Crippen molar-refractivity contribution in [2.45, 2.75) is 13.8 Å². The van der Waals surface area contributed by atoms with E-state index in [1.54, 1.807) is 0 Å². The van der Waals surface area contributed by atoms with Gasteiger partial charge in [-0.3, -0.25) is 4.89 Å². The summed E-state index contributed by atoms with van der Waals surface area (Å²) in [6.07, 6.45) is 0. The number of carbonyl (C=O) groups is 1. The van der Waals surface area contributed by atoms with E-state index in [0.717, 1.165) is 0 Å². The first-order valence-corrected chi connectivity index (χ1v) is 3.81. The second kappa shape index (κ2) is 12.9. The molecule has 7 nitrogen and oxygen atoms in total. The van der Waals surface area contributed by atoms with E-state index in [9.17, 15) is 9.36 Å². The Morgan fingerprint density at radius 3 is 1.38 bits per heavy atom. The van der Waals surface area contributed by atoms with Crippen molar-refractivity contribution >= 4 is 13.6 Å². The van der Waals surface area contributed by atoms with Crippen molar-refractivity contribution in [3.8, 4) is 0 Å². The standard InChI is InChI=1S/C3H6O.2Li.H3O6P.2H/c1-3(2)4;;;1-5-7(3,4)6-2;;/h1-2H3;;;1-2H,(H,3,4);;/q;2*+1;;2*-1. The Morgan fingerprint density at radius 1 is 1.23 bits per heavy atom. The molecule has 0 aliphatic rings. The molecule has 0 unspecified atom stereocenters. The normalized spacial score (nSPS) is 8.38. The Kier molecular flexibility index (Phi) is 23.4. The quantitative estimate of drug-likeness (QED) is 0.178. The fourth-order valence-corrected chi connectivity index (χ4v) is 0.0447. The number of ketones is 1. The third kappa shape index (κ3) is 32.2. The van der Waals surface area contributed by atoms with Crippen molar-refractivity contribution in [2.24, 2.45) is 0 Å². The Balaban J connectivity index is -0.0000000230. The van der Waals surface area contributed by atoms with Crippen LogP contribution in [0.5, 0.6) is 0 Å². The molecule has 0 bridgehead atoms. The van der Waals surface area contributed by atoms with Gasteiger partial charge in [0, 0.05) is 0 Å². The van der Waals surface area contributed by atoms with Gasteiger partial charge >= 0.3 is 45.5 Å². The van der Waals surface area contributed by atoms with Crippen molar-refractivity contribution in [2.75, 3.05) is 0 Å². The molecule has 0 rings (SSSR count). The largest absolute Gasteiger partial charge is 1.00 e. The molecule has 0 aromatic heterocycles. The van der Waals surface area contributed by atoms with Crippen LogP contribution in [-0.4, -0.2) is 21.2 Å². The Bertz CT molecular complexity index is 158. The van der Waals surface area contributed by atoms with Gasteiger partial charge < -0.3 is 7.65 Å². The van der Waals surface area contributed by atoms with Crippen LogP contribution < -0.4 is 37.7 Å². The fraction of sp³-hybridized carbons (Fsp3) is 0.667. The molecule has 3 N–H and O–H groups in total. The molecule has 0 aromatic rings. The van der Waals surface area contributed by atoms with Crippen LogP contribution in [0.25, 0.3) is 0 Å². The van der Waals surface area contributed by atoms with Gasteiger partial charge in [-0.15, -0.1) is 9.35 Å². The van der Waals surface area contributed by atoms with Crippen LogP contribution in [0, 0.1) is 0 Å². The summed E-state index contributed by atoms with van der Waals surface area (Å²) in [6.45, 7) is 3.06. The van der Waals surface area contributed by atoms with E-state index in [1.807, 2.05) is 0 Å². The number of hydrogen-bond acceptors (Lipinski definition) is 6. The first-order valence-electron chi connectivity index (χ1n) is 2.32. The van der Waals surface area contributed by atoms with Crippen LogP contribution in [0.1, 0.15) is 16.7 Å². The Morgan fingerprint density at radius 2 is 1.38 bits per heavy atom. The van der Waals surface area contributed by atoms with Gasteiger partial charge in [0.1, 0.15) is 5.78 Å². The van der Waals surface area contributed by atoms with E-state index < -0.39 is 7.82 Å². The van der Waals surface area contributed by atoms with Gasteiger partial charge in [0.15, 0.2) is 0 Å².